The second-order valence-electron chi connectivity index (χ2n) is 3.80. The maximum absolute atomic E-state index is 5.59. The molecule has 96 valence electrons. The van der Waals surface area contributed by atoms with Gasteiger partial charge in [-0.05, 0) is 6.54 Å². The molecule has 0 saturated carbocycles. The molecule has 0 radical (unpaired) electrons. The summed E-state index contributed by atoms with van der Waals surface area (Å²) in [6.45, 7) is 9.00. The van der Waals surface area contributed by atoms with E-state index in [-0.39, 0.29) is 5.92 Å². The summed E-state index contributed by atoms with van der Waals surface area (Å²) in [7, 11) is 1.67. The van der Waals surface area contributed by atoms with Crippen molar-refractivity contribution in [3.63, 3.8) is 0 Å². The van der Waals surface area contributed by atoms with Crippen molar-refractivity contribution in [2.45, 2.75) is 13.8 Å². The number of nitrogens with zero attached hydrogens (tertiary/aromatic N) is 1. The lowest BCUT2D eigenvalue weighted by molar-refractivity contribution is 0.0570. The average Bonchev–Trinajstić information content (AvgIpc) is 2.26. The van der Waals surface area contributed by atoms with E-state index in [9.17, 15) is 0 Å². The quantitative estimate of drug-likeness (QED) is 0.460. The van der Waals surface area contributed by atoms with Crippen LogP contribution in [-0.2, 0) is 9.47 Å². The van der Waals surface area contributed by atoms with E-state index < -0.39 is 0 Å². The van der Waals surface area contributed by atoms with Gasteiger partial charge in [-0.25, -0.2) is 0 Å². The van der Waals surface area contributed by atoms with Gasteiger partial charge in [-0.2, -0.15) is 0 Å². The molecule has 16 heavy (non-hydrogen) atoms. The zero-order valence-corrected chi connectivity index (χ0v) is 11.4. The van der Waals surface area contributed by atoms with Crippen LogP contribution in [0.2, 0.25) is 0 Å². The molecule has 1 unspecified atom stereocenters. The van der Waals surface area contributed by atoms with Crippen LogP contribution in [0.4, 0.5) is 0 Å². The molecule has 0 spiro atoms. The predicted octanol–water partition coefficient (Wildman–Crippen LogP) is 0.894. The number of thiocarbonyl (C=S) groups is 1. The van der Waals surface area contributed by atoms with Gasteiger partial charge in [0.05, 0.1) is 24.8 Å². The summed E-state index contributed by atoms with van der Waals surface area (Å²) in [5, 5.41) is 0. The minimum absolute atomic E-state index is 0.258. The Morgan fingerprint density at radius 3 is 2.56 bits per heavy atom. The number of likely N-dealkylation sites (N-methyl/N-ethyl adjacent to an activating group) is 1. The Morgan fingerprint density at radius 1 is 1.38 bits per heavy atom. The van der Waals surface area contributed by atoms with Crippen molar-refractivity contribution >= 4 is 17.2 Å². The summed E-state index contributed by atoms with van der Waals surface area (Å²) >= 11 is 4.96. The highest BCUT2D eigenvalue weighted by Gasteiger charge is 2.10. The number of rotatable bonds is 10. The van der Waals surface area contributed by atoms with Crippen molar-refractivity contribution in [1.82, 2.24) is 4.90 Å². The van der Waals surface area contributed by atoms with E-state index in [0.717, 1.165) is 26.2 Å². The molecule has 0 rings (SSSR count). The number of hydrogen-bond donors (Lipinski definition) is 1. The van der Waals surface area contributed by atoms with Crippen molar-refractivity contribution in [1.29, 1.82) is 0 Å². The van der Waals surface area contributed by atoms with Crippen LogP contribution in [0.15, 0.2) is 0 Å². The zero-order valence-electron chi connectivity index (χ0n) is 10.6. The van der Waals surface area contributed by atoms with Gasteiger partial charge in [-0.3, -0.25) is 0 Å². The summed E-state index contributed by atoms with van der Waals surface area (Å²) in [5.74, 6) is 0.258. The lowest BCUT2D eigenvalue weighted by Crippen LogP contribution is -2.36. The van der Waals surface area contributed by atoms with Crippen LogP contribution in [0, 0.1) is 5.92 Å². The predicted molar refractivity (Wildman–Crippen MR) is 70.8 cm³/mol. The Bertz CT molecular complexity index is 191. The molecule has 0 heterocycles. The summed E-state index contributed by atoms with van der Waals surface area (Å²) in [4.78, 5) is 2.87. The maximum Gasteiger partial charge on any atom is 0.0768 e. The van der Waals surface area contributed by atoms with Crippen molar-refractivity contribution in [2.24, 2.45) is 11.7 Å². The molecule has 0 aliphatic rings. The SMILES string of the molecule is CCN(CCOCCOC)CC(C)C(N)=S. The van der Waals surface area contributed by atoms with Gasteiger partial charge in [0.1, 0.15) is 0 Å². The highest BCUT2D eigenvalue weighted by molar-refractivity contribution is 7.80. The molecule has 0 bridgehead atoms. The highest BCUT2D eigenvalue weighted by atomic mass is 32.1. The molecule has 1 atom stereocenters. The summed E-state index contributed by atoms with van der Waals surface area (Å²) < 4.78 is 10.3. The standard InChI is InChI=1S/C11H24N2O2S/c1-4-13(9-10(2)11(12)16)5-6-15-8-7-14-3/h10H,4-9H2,1-3H3,(H2,12,16). The van der Waals surface area contributed by atoms with Crippen LogP contribution in [0.25, 0.3) is 0 Å². The Labute approximate surface area is 104 Å². The van der Waals surface area contributed by atoms with Gasteiger partial charge >= 0.3 is 0 Å². The van der Waals surface area contributed by atoms with Crippen LogP contribution in [-0.4, -0.2) is 56.5 Å². The Morgan fingerprint density at radius 2 is 2.06 bits per heavy atom. The zero-order chi connectivity index (χ0) is 12.4. The Hall–Kier alpha value is -0.230. The summed E-state index contributed by atoms with van der Waals surface area (Å²) in [5.41, 5.74) is 5.59. The lowest BCUT2D eigenvalue weighted by atomic mass is 10.1. The maximum atomic E-state index is 5.59. The third kappa shape index (κ3) is 7.98. The van der Waals surface area contributed by atoms with Gasteiger partial charge in [0.2, 0.25) is 0 Å². The van der Waals surface area contributed by atoms with E-state index in [2.05, 4.69) is 18.7 Å². The van der Waals surface area contributed by atoms with Gasteiger partial charge in [0.25, 0.3) is 0 Å². The highest BCUT2D eigenvalue weighted by Crippen LogP contribution is 2.00. The first-order chi connectivity index (χ1) is 7.61. The van der Waals surface area contributed by atoms with E-state index in [1.807, 2.05) is 0 Å². The minimum Gasteiger partial charge on any atom is -0.393 e. The van der Waals surface area contributed by atoms with Crippen LogP contribution in [0.3, 0.4) is 0 Å². The van der Waals surface area contributed by atoms with E-state index in [1.54, 1.807) is 7.11 Å². The minimum atomic E-state index is 0.258. The fraction of sp³-hybridized carbons (Fsp3) is 0.909. The molecule has 5 heteroatoms. The van der Waals surface area contributed by atoms with Gasteiger partial charge in [0, 0.05) is 26.1 Å². The van der Waals surface area contributed by atoms with Crippen LogP contribution in [0.5, 0.6) is 0 Å². The molecular formula is C11H24N2O2S. The number of ether oxygens (including phenoxy) is 2. The van der Waals surface area contributed by atoms with Gasteiger partial charge in [-0.1, -0.05) is 26.1 Å². The molecule has 0 saturated heterocycles. The molecule has 0 amide bonds. The molecule has 0 aliphatic carbocycles. The number of hydrogen-bond acceptors (Lipinski definition) is 4. The third-order valence-corrected chi connectivity index (χ3v) is 2.85. The molecule has 0 fully saturated rings. The molecule has 0 aromatic carbocycles. The van der Waals surface area contributed by atoms with Crippen molar-refractivity contribution < 1.29 is 9.47 Å². The largest absolute Gasteiger partial charge is 0.393 e. The molecule has 0 aromatic heterocycles. The van der Waals surface area contributed by atoms with Crippen molar-refractivity contribution in [2.75, 3.05) is 46.6 Å². The Kier molecular flexibility index (Phi) is 9.82. The van der Waals surface area contributed by atoms with E-state index >= 15 is 0 Å². The van der Waals surface area contributed by atoms with Crippen molar-refractivity contribution in [3.05, 3.63) is 0 Å². The smallest absolute Gasteiger partial charge is 0.0768 e. The monoisotopic (exact) mass is 248 g/mol. The topological polar surface area (TPSA) is 47.7 Å². The van der Waals surface area contributed by atoms with Crippen molar-refractivity contribution in [3.8, 4) is 0 Å². The molecule has 2 N–H and O–H groups in total. The lowest BCUT2D eigenvalue weighted by Gasteiger charge is -2.23. The molecule has 4 nitrogen and oxygen atoms in total. The third-order valence-electron chi connectivity index (χ3n) is 2.45. The molecule has 0 aromatic rings. The fourth-order valence-electron chi connectivity index (χ4n) is 1.29. The second-order valence-corrected chi connectivity index (χ2v) is 4.27. The van der Waals surface area contributed by atoms with E-state index in [1.165, 1.54) is 0 Å². The normalized spacial score (nSPS) is 13.0. The fourth-order valence-corrected chi connectivity index (χ4v) is 1.37. The van der Waals surface area contributed by atoms with Crippen LogP contribution < -0.4 is 5.73 Å². The average molecular weight is 248 g/mol. The summed E-state index contributed by atoms with van der Waals surface area (Å²) in [6, 6.07) is 0. The Balaban J connectivity index is 3.62. The first kappa shape index (κ1) is 15.8. The summed E-state index contributed by atoms with van der Waals surface area (Å²) in [6.07, 6.45) is 0. The van der Waals surface area contributed by atoms with Crippen LogP contribution in [0.1, 0.15) is 13.8 Å². The molecular weight excluding hydrogens is 224 g/mol. The van der Waals surface area contributed by atoms with Crippen LogP contribution >= 0.6 is 12.2 Å². The van der Waals surface area contributed by atoms with Gasteiger partial charge < -0.3 is 20.1 Å². The first-order valence-corrected chi connectivity index (χ1v) is 6.11. The number of methoxy groups -OCH3 is 1. The van der Waals surface area contributed by atoms with E-state index in [0.29, 0.717) is 18.2 Å². The first-order valence-electron chi connectivity index (χ1n) is 5.70. The second kappa shape index (κ2) is 9.96. The molecule has 0 aliphatic heterocycles. The number of nitrogens with two attached hydrogens (primary N) is 1. The van der Waals surface area contributed by atoms with Gasteiger partial charge in [-0.15, -0.1) is 0 Å². The van der Waals surface area contributed by atoms with Gasteiger partial charge in [0.15, 0.2) is 0 Å². The van der Waals surface area contributed by atoms with E-state index in [4.69, 9.17) is 27.4 Å².